The highest BCUT2D eigenvalue weighted by atomic mass is 32.1. The Labute approximate surface area is 177 Å². The van der Waals surface area contributed by atoms with Gasteiger partial charge in [-0.3, -0.25) is 24.5 Å². The van der Waals surface area contributed by atoms with E-state index in [1.54, 1.807) is 22.5 Å². The third-order valence-corrected chi connectivity index (χ3v) is 6.29. The Morgan fingerprint density at radius 2 is 2.10 bits per heavy atom. The quantitative estimate of drug-likeness (QED) is 0.613. The Morgan fingerprint density at radius 3 is 2.80 bits per heavy atom. The fraction of sp³-hybridized carbons (Fsp3) is 0.286. The number of pyridine rings is 1. The fourth-order valence-electron chi connectivity index (χ4n) is 3.59. The largest absolute Gasteiger partial charge is 0.348 e. The van der Waals surface area contributed by atoms with Crippen molar-refractivity contribution >= 4 is 28.9 Å². The Bertz CT molecular complexity index is 1120. The van der Waals surface area contributed by atoms with E-state index in [1.165, 1.54) is 24.5 Å². The van der Waals surface area contributed by atoms with Crippen LogP contribution in [0, 0.1) is 6.92 Å². The van der Waals surface area contributed by atoms with E-state index < -0.39 is 0 Å². The molecule has 0 unspecified atom stereocenters. The molecule has 154 valence electrons. The van der Waals surface area contributed by atoms with E-state index >= 15 is 0 Å². The van der Waals surface area contributed by atoms with Crippen molar-refractivity contribution in [2.45, 2.75) is 33.4 Å². The number of nitrogens with zero attached hydrogens (tertiary/aromatic N) is 3. The van der Waals surface area contributed by atoms with Crippen LogP contribution in [0.5, 0.6) is 0 Å². The summed E-state index contributed by atoms with van der Waals surface area (Å²) >= 11 is 1.27. The van der Waals surface area contributed by atoms with Crippen molar-refractivity contribution < 1.29 is 14.4 Å². The van der Waals surface area contributed by atoms with E-state index in [4.69, 9.17) is 0 Å². The van der Waals surface area contributed by atoms with Crippen LogP contribution in [0.3, 0.4) is 0 Å². The molecule has 1 aliphatic rings. The minimum absolute atomic E-state index is 0.0502. The number of carbonyl (C=O) groups excluding carboxylic acids is 3. The van der Waals surface area contributed by atoms with Gasteiger partial charge in [-0.1, -0.05) is 0 Å². The summed E-state index contributed by atoms with van der Waals surface area (Å²) in [6.45, 7) is 4.82. The van der Waals surface area contributed by atoms with Crippen molar-refractivity contribution in [3.8, 4) is 0 Å². The van der Waals surface area contributed by atoms with Gasteiger partial charge in [-0.25, -0.2) is 0 Å². The van der Waals surface area contributed by atoms with Gasteiger partial charge in [0, 0.05) is 43.1 Å². The predicted molar refractivity (Wildman–Crippen MR) is 111 cm³/mol. The molecule has 0 aliphatic carbocycles. The molecule has 3 aromatic heterocycles. The lowest BCUT2D eigenvalue weighted by molar-refractivity contribution is 0.0734. The van der Waals surface area contributed by atoms with E-state index in [1.807, 2.05) is 13.1 Å². The van der Waals surface area contributed by atoms with Crippen LogP contribution < -0.4 is 5.32 Å². The maximum Gasteiger partial charge on any atom is 0.257 e. The van der Waals surface area contributed by atoms with Crippen LogP contribution >= 0.6 is 11.3 Å². The minimum Gasteiger partial charge on any atom is -0.348 e. The van der Waals surface area contributed by atoms with Gasteiger partial charge in [0.25, 0.3) is 11.8 Å². The standard InChI is InChI=1S/C21H21N5O3S/c1-12-18(9-23-20(28)14-5-19(13(2)27)30-11-14)17-3-4-26(10-16(17)6-22-12)21(29)15-7-24-25-8-15/h5-8,11H,3-4,9-10H2,1-2H3,(H,23,28)(H,24,25). The van der Waals surface area contributed by atoms with E-state index in [0.29, 0.717) is 42.1 Å². The molecule has 1 aliphatic heterocycles. The van der Waals surface area contributed by atoms with Crippen LogP contribution in [0.2, 0.25) is 0 Å². The summed E-state index contributed by atoms with van der Waals surface area (Å²) in [5.74, 6) is -0.336. The summed E-state index contributed by atoms with van der Waals surface area (Å²) in [7, 11) is 0. The molecule has 0 atom stereocenters. The van der Waals surface area contributed by atoms with Crippen molar-refractivity contribution in [1.82, 2.24) is 25.4 Å². The second kappa shape index (κ2) is 8.19. The smallest absolute Gasteiger partial charge is 0.257 e. The van der Waals surface area contributed by atoms with Gasteiger partial charge in [0.05, 0.1) is 22.2 Å². The van der Waals surface area contributed by atoms with Gasteiger partial charge in [0.2, 0.25) is 0 Å². The lowest BCUT2D eigenvalue weighted by atomic mass is 9.94. The normalized spacial score (nSPS) is 13.1. The van der Waals surface area contributed by atoms with Gasteiger partial charge >= 0.3 is 0 Å². The number of rotatable bonds is 5. The summed E-state index contributed by atoms with van der Waals surface area (Å²) in [5.41, 5.74) is 4.98. The second-order valence-corrected chi connectivity index (χ2v) is 8.14. The topological polar surface area (TPSA) is 108 Å². The summed E-state index contributed by atoms with van der Waals surface area (Å²) < 4.78 is 0. The number of aryl methyl sites for hydroxylation is 1. The zero-order chi connectivity index (χ0) is 21.3. The molecule has 0 saturated heterocycles. The highest BCUT2D eigenvalue weighted by molar-refractivity contribution is 7.12. The maximum absolute atomic E-state index is 12.6. The number of hydrogen-bond donors (Lipinski definition) is 2. The molecule has 3 aromatic rings. The molecule has 2 amide bonds. The fourth-order valence-corrected chi connectivity index (χ4v) is 4.38. The number of carbonyl (C=O) groups is 3. The highest BCUT2D eigenvalue weighted by Crippen LogP contribution is 2.25. The van der Waals surface area contributed by atoms with Gasteiger partial charge in [-0.2, -0.15) is 5.10 Å². The van der Waals surface area contributed by atoms with Crippen LogP contribution in [0.4, 0.5) is 0 Å². The zero-order valence-electron chi connectivity index (χ0n) is 16.7. The molecule has 0 spiro atoms. The molecule has 0 fully saturated rings. The number of Topliss-reactive ketones (excluding diaryl/α,β-unsaturated/α-hetero) is 1. The molecule has 0 radical (unpaired) electrons. The molecule has 8 nitrogen and oxygen atoms in total. The molecular formula is C21H21N5O3S. The lowest BCUT2D eigenvalue weighted by Gasteiger charge is -2.30. The average Bonchev–Trinajstić information content (AvgIpc) is 3.44. The zero-order valence-corrected chi connectivity index (χ0v) is 17.5. The third kappa shape index (κ3) is 3.88. The van der Waals surface area contributed by atoms with Gasteiger partial charge in [-0.15, -0.1) is 11.3 Å². The lowest BCUT2D eigenvalue weighted by Crippen LogP contribution is -2.37. The van der Waals surface area contributed by atoms with Crippen molar-refractivity contribution in [3.63, 3.8) is 0 Å². The predicted octanol–water partition coefficient (Wildman–Crippen LogP) is 2.51. The monoisotopic (exact) mass is 423 g/mol. The number of aromatic nitrogens is 3. The first-order chi connectivity index (χ1) is 14.4. The van der Waals surface area contributed by atoms with E-state index in [0.717, 1.165) is 22.4 Å². The highest BCUT2D eigenvalue weighted by Gasteiger charge is 2.25. The number of fused-ring (bicyclic) bond motifs is 1. The molecule has 30 heavy (non-hydrogen) atoms. The Balaban J connectivity index is 1.48. The van der Waals surface area contributed by atoms with Crippen LogP contribution in [-0.2, 0) is 19.5 Å². The molecule has 4 rings (SSSR count). The molecule has 4 heterocycles. The summed E-state index contributed by atoms with van der Waals surface area (Å²) in [6, 6.07) is 1.62. The molecule has 0 aromatic carbocycles. The minimum atomic E-state index is -0.219. The summed E-state index contributed by atoms with van der Waals surface area (Å²) in [4.78, 5) is 43.4. The Hall–Kier alpha value is -3.33. The number of amides is 2. The van der Waals surface area contributed by atoms with E-state index in [2.05, 4.69) is 20.5 Å². The van der Waals surface area contributed by atoms with Gasteiger partial charge in [0.1, 0.15) is 0 Å². The van der Waals surface area contributed by atoms with Crippen molar-refractivity contribution in [2.75, 3.05) is 6.54 Å². The van der Waals surface area contributed by atoms with Crippen LogP contribution in [0.1, 0.15) is 59.7 Å². The summed E-state index contributed by atoms with van der Waals surface area (Å²) in [6.07, 6.45) is 5.62. The SMILES string of the molecule is CC(=O)c1cc(C(=O)NCc2c(C)ncc3c2CCN(C(=O)c2cn[nH]c2)C3)cs1. The third-order valence-electron chi connectivity index (χ3n) is 5.26. The van der Waals surface area contributed by atoms with Gasteiger partial charge < -0.3 is 10.2 Å². The first kappa shape index (κ1) is 20.0. The van der Waals surface area contributed by atoms with Crippen LogP contribution in [0.25, 0.3) is 0 Å². The van der Waals surface area contributed by atoms with Crippen molar-refractivity contribution in [2.24, 2.45) is 0 Å². The molecule has 9 heteroatoms. The number of ketones is 1. The van der Waals surface area contributed by atoms with Crippen LogP contribution in [0.15, 0.2) is 30.0 Å². The second-order valence-electron chi connectivity index (χ2n) is 7.23. The maximum atomic E-state index is 12.6. The number of hydrogen-bond acceptors (Lipinski definition) is 6. The molecule has 0 saturated carbocycles. The van der Waals surface area contributed by atoms with Gasteiger partial charge in [-0.05, 0) is 43.0 Å². The van der Waals surface area contributed by atoms with Crippen molar-refractivity contribution in [1.29, 1.82) is 0 Å². The van der Waals surface area contributed by atoms with Crippen LogP contribution in [-0.4, -0.2) is 44.2 Å². The molecule has 0 bridgehead atoms. The van der Waals surface area contributed by atoms with Crippen molar-refractivity contribution in [3.05, 3.63) is 68.4 Å². The number of thiophene rings is 1. The van der Waals surface area contributed by atoms with E-state index in [9.17, 15) is 14.4 Å². The van der Waals surface area contributed by atoms with Gasteiger partial charge in [0.15, 0.2) is 5.78 Å². The number of aromatic amines is 1. The van der Waals surface area contributed by atoms with E-state index in [-0.39, 0.29) is 17.6 Å². The first-order valence-electron chi connectivity index (χ1n) is 9.56. The Morgan fingerprint density at radius 1 is 1.27 bits per heavy atom. The first-order valence-corrected chi connectivity index (χ1v) is 10.4. The molecular weight excluding hydrogens is 402 g/mol. The number of H-pyrrole nitrogens is 1. The average molecular weight is 423 g/mol. The summed E-state index contributed by atoms with van der Waals surface area (Å²) in [5, 5.41) is 11.1. The molecule has 2 N–H and O–H groups in total. The Kier molecular flexibility index (Phi) is 5.45. The number of nitrogens with one attached hydrogen (secondary N) is 2.